The second-order valence-corrected chi connectivity index (χ2v) is 2.87. The SMILES string of the molecule is C=C(C)CC#CC(O)c1ccco1. The molecule has 1 aromatic heterocycles. The van der Waals surface area contributed by atoms with E-state index in [1.807, 2.05) is 6.92 Å². The summed E-state index contributed by atoms with van der Waals surface area (Å²) < 4.78 is 4.98. The second kappa shape index (κ2) is 4.54. The molecular weight excluding hydrogens is 164 g/mol. The zero-order valence-electron chi connectivity index (χ0n) is 7.58. The summed E-state index contributed by atoms with van der Waals surface area (Å²) in [6.45, 7) is 5.60. The maximum Gasteiger partial charge on any atom is 0.172 e. The highest BCUT2D eigenvalue weighted by Crippen LogP contribution is 2.11. The van der Waals surface area contributed by atoms with Crippen molar-refractivity contribution in [3.8, 4) is 11.8 Å². The van der Waals surface area contributed by atoms with Gasteiger partial charge in [-0.05, 0) is 19.1 Å². The smallest absolute Gasteiger partial charge is 0.172 e. The molecule has 0 amide bonds. The topological polar surface area (TPSA) is 33.4 Å². The quantitative estimate of drug-likeness (QED) is 0.554. The first kappa shape index (κ1) is 9.63. The molecule has 13 heavy (non-hydrogen) atoms. The summed E-state index contributed by atoms with van der Waals surface area (Å²) in [4.78, 5) is 0. The Hall–Kier alpha value is -1.46. The number of hydrogen-bond donors (Lipinski definition) is 1. The molecule has 1 N–H and O–H groups in total. The Balaban J connectivity index is 2.53. The van der Waals surface area contributed by atoms with Crippen LogP contribution in [-0.4, -0.2) is 5.11 Å². The third-order valence-electron chi connectivity index (χ3n) is 1.44. The first-order chi connectivity index (χ1) is 6.20. The van der Waals surface area contributed by atoms with Crippen molar-refractivity contribution in [3.63, 3.8) is 0 Å². The van der Waals surface area contributed by atoms with E-state index < -0.39 is 6.10 Å². The zero-order valence-corrected chi connectivity index (χ0v) is 7.58. The molecule has 0 spiro atoms. The fourth-order valence-electron chi connectivity index (χ4n) is 0.817. The summed E-state index contributed by atoms with van der Waals surface area (Å²) in [5.41, 5.74) is 0.985. The van der Waals surface area contributed by atoms with E-state index >= 15 is 0 Å². The van der Waals surface area contributed by atoms with Crippen LogP contribution in [0.15, 0.2) is 35.0 Å². The molecule has 1 heterocycles. The summed E-state index contributed by atoms with van der Waals surface area (Å²) in [6.07, 6.45) is 1.30. The predicted molar refractivity (Wildman–Crippen MR) is 50.9 cm³/mol. The van der Waals surface area contributed by atoms with Crippen molar-refractivity contribution in [2.45, 2.75) is 19.4 Å². The first-order valence-corrected chi connectivity index (χ1v) is 4.04. The van der Waals surface area contributed by atoms with Crippen LogP contribution in [0.3, 0.4) is 0 Å². The number of aliphatic hydroxyl groups excluding tert-OH is 1. The molecule has 0 saturated carbocycles. The second-order valence-electron chi connectivity index (χ2n) is 2.87. The van der Waals surface area contributed by atoms with E-state index in [0.29, 0.717) is 12.2 Å². The van der Waals surface area contributed by atoms with E-state index in [2.05, 4.69) is 18.4 Å². The standard InChI is InChI=1S/C11H12O2/c1-9(2)5-3-6-10(12)11-7-4-8-13-11/h4,7-8,10,12H,1,5H2,2H3. The molecule has 68 valence electrons. The number of aliphatic hydroxyl groups is 1. The summed E-state index contributed by atoms with van der Waals surface area (Å²) in [6, 6.07) is 3.42. The number of hydrogen-bond acceptors (Lipinski definition) is 2. The molecule has 0 aromatic carbocycles. The van der Waals surface area contributed by atoms with E-state index in [1.165, 1.54) is 6.26 Å². The minimum atomic E-state index is -0.825. The van der Waals surface area contributed by atoms with Crippen LogP contribution < -0.4 is 0 Å². The van der Waals surface area contributed by atoms with Crippen molar-refractivity contribution in [2.75, 3.05) is 0 Å². The lowest BCUT2D eigenvalue weighted by molar-refractivity contribution is 0.206. The number of allylic oxidation sites excluding steroid dienone is 1. The molecule has 2 heteroatoms. The van der Waals surface area contributed by atoms with Gasteiger partial charge in [-0.3, -0.25) is 0 Å². The van der Waals surface area contributed by atoms with Crippen LogP contribution >= 0.6 is 0 Å². The molecule has 0 aliphatic rings. The molecule has 1 aromatic rings. The van der Waals surface area contributed by atoms with Gasteiger partial charge in [0.2, 0.25) is 0 Å². The van der Waals surface area contributed by atoms with Gasteiger partial charge in [-0.15, -0.1) is 0 Å². The fourth-order valence-corrected chi connectivity index (χ4v) is 0.817. The minimum absolute atomic E-state index is 0.481. The highest BCUT2D eigenvalue weighted by atomic mass is 16.4. The Kier molecular flexibility index (Phi) is 3.36. The maximum absolute atomic E-state index is 9.43. The van der Waals surface area contributed by atoms with Crippen LogP contribution in [0.5, 0.6) is 0 Å². The van der Waals surface area contributed by atoms with Gasteiger partial charge in [-0.1, -0.05) is 24.0 Å². The van der Waals surface area contributed by atoms with Crippen molar-refractivity contribution >= 4 is 0 Å². The summed E-state index contributed by atoms with van der Waals surface area (Å²) in [7, 11) is 0. The minimum Gasteiger partial charge on any atom is -0.466 e. The Labute approximate surface area is 77.9 Å². The van der Waals surface area contributed by atoms with E-state index in [-0.39, 0.29) is 0 Å². The van der Waals surface area contributed by atoms with Gasteiger partial charge < -0.3 is 9.52 Å². The molecule has 0 radical (unpaired) electrons. The molecular formula is C11H12O2. The van der Waals surface area contributed by atoms with Gasteiger partial charge in [0.05, 0.1) is 6.26 Å². The average Bonchev–Trinajstić information content (AvgIpc) is 2.55. The number of furan rings is 1. The molecule has 1 atom stereocenters. The van der Waals surface area contributed by atoms with E-state index in [1.54, 1.807) is 12.1 Å². The molecule has 1 unspecified atom stereocenters. The van der Waals surface area contributed by atoms with E-state index in [0.717, 1.165) is 5.57 Å². The normalized spacial score (nSPS) is 11.5. The fraction of sp³-hybridized carbons (Fsp3) is 0.273. The van der Waals surface area contributed by atoms with Crippen molar-refractivity contribution in [2.24, 2.45) is 0 Å². The Bertz CT molecular complexity index is 325. The predicted octanol–water partition coefficient (Wildman–Crippen LogP) is 2.28. The van der Waals surface area contributed by atoms with E-state index in [9.17, 15) is 5.11 Å². The van der Waals surface area contributed by atoms with Gasteiger partial charge in [0, 0.05) is 6.42 Å². The van der Waals surface area contributed by atoms with Crippen LogP contribution in [0, 0.1) is 11.8 Å². The highest BCUT2D eigenvalue weighted by molar-refractivity contribution is 5.18. The van der Waals surface area contributed by atoms with Gasteiger partial charge >= 0.3 is 0 Å². The van der Waals surface area contributed by atoms with Gasteiger partial charge in [0.15, 0.2) is 6.10 Å². The zero-order chi connectivity index (χ0) is 9.68. The average molecular weight is 176 g/mol. The lowest BCUT2D eigenvalue weighted by atomic mass is 10.2. The van der Waals surface area contributed by atoms with Crippen molar-refractivity contribution in [3.05, 3.63) is 36.3 Å². The third-order valence-corrected chi connectivity index (χ3v) is 1.44. The molecule has 0 bridgehead atoms. The summed E-state index contributed by atoms with van der Waals surface area (Å²) in [5, 5.41) is 9.43. The van der Waals surface area contributed by atoms with Crippen LogP contribution in [-0.2, 0) is 0 Å². The molecule has 0 aliphatic carbocycles. The van der Waals surface area contributed by atoms with Crippen LogP contribution in [0.25, 0.3) is 0 Å². The maximum atomic E-state index is 9.43. The lowest BCUT2D eigenvalue weighted by Crippen LogP contribution is -1.90. The summed E-state index contributed by atoms with van der Waals surface area (Å²) in [5.74, 6) is 5.96. The lowest BCUT2D eigenvalue weighted by Gasteiger charge is -1.96. The van der Waals surface area contributed by atoms with Gasteiger partial charge in [-0.2, -0.15) is 0 Å². The molecule has 0 aliphatic heterocycles. The van der Waals surface area contributed by atoms with Gasteiger partial charge in [-0.25, -0.2) is 0 Å². The third kappa shape index (κ3) is 3.18. The Morgan fingerprint density at radius 1 is 1.77 bits per heavy atom. The monoisotopic (exact) mass is 176 g/mol. The van der Waals surface area contributed by atoms with Crippen LogP contribution in [0.1, 0.15) is 25.2 Å². The largest absolute Gasteiger partial charge is 0.466 e. The highest BCUT2D eigenvalue weighted by Gasteiger charge is 2.04. The molecule has 0 fully saturated rings. The molecule has 0 saturated heterocycles. The van der Waals surface area contributed by atoms with Crippen LogP contribution in [0.2, 0.25) is 0 Å². The molecule has 1 rings (SSSR count). The van der Waals surface area contributed by atoms with E-state index in [4.69, 9.17) is 4.42 Å². The first-order valence-electron chi connectivity index (χ1n) is 4.04. The van der Waals surface area contributed by atoms with Gasteiger partial charge in [0.1, 0.15) is 5.76 Å². The Morgan fingerprint density at radius 2 is 2.54 bits per heavy atom. The summed E-state index contributed by atoms with van der Waals surface area (Å²) >= 11 is 0. The van der Waals surface area contributed by atoms with Gasteiger partial charge in [0.25, 0.3) is 0 Å². The van der Waals surface area contributed by atoms with Crippen molar-refractivity contribution in [1.82, 2.24) is 0 Å². The van der Waals surface area contributed by atoms with Crippen molar-refractivity contribution in [1.29, 1.82) is 0 Å². The van der Waals surface area contributed by atoms with Crippen LogP contribution in [0.4, 0.5) is 0 Å². The van der Waals surface area contributed by atoms with Crippen molar-refractivity contribution < 1.29 is 9.52 Å². The molecule has 2 nitrogen and oxygen atoms in total. The Morgan fingerprint density at radius 3 is 3.08 bits per heavy atom. The number of rotatable bonds is 2.